The van der Waals surface area contributed by atoms with Gasteiger partial charge in [0.15, 0.2) is 5.96 Å². The highest BCUT2D eigenvalue weighted by Crippen LogP contribution is 2.41. The van der Waals surface area contributed by atoms with Crippen molar-refractivity contribution in [3.8, 4) is 0 Å². The van der Waals surface area contributed by atoms with E-state index in [4.69, 9.17) is 9.73 Å². The minimum Gasteiger partial charge on any atom is -0.387 e. The number of rotatable bonds is 9. The predicted octanol–water partition coefficient (Wildman–Crippen LogP) is 3.01. The Bertz CT molecular complexity index is 557. The van der Waals surface area contributed by atoms with Gasteiger partial charge in [-0.05, 0) is 49.3 Å². The van der Waals surface area contributed by atoms with Crippen LogP contribution in [0.15, 0.2) is 29.3 Å². The van der Waals surface area contributed by atoms with Gasteiger partial charge in [0.1, 0.15) is 5.82 Å². The molecule has 6 heteroatoms. The minimum absolute atomic E-state index is 0.230. The van der Waals surface area contributed by atoms with Crippen LogP contribution in [0.2, 0.25) is 0 Å². The topological polar surface area (TPSA) is 65.9 Å². The molecule has 0 heterocycles. The van der Waals surface area contributed by atoms with Gasteiger partial charge in [-0.3, -0.25) is 4.99 Å². The molecule has 1 saturated carbocycles. The number of ether oxygens (including phenoxy) is 1. The molecule has 0 saturated heterocycles. The Balaban J connectivity index is 1.93. The fraction of sp³-hybridized carbons (Fsp3) is 0.650. The summed E-state index contributed by atoms with van der Waals surface area (Å²) in [6.45, 7) is 4.62. The van der Waals surface area contributed by atoms with Gasteiger partial charge in [-0.15, -0.1) is 0 Å². The van der Waals surface area contributed by atoms with E-state index in [1.54, 1.807) is 19.2 Å². The van der Waals surface area contributed by atoms with Crippen molar-refractivity contribution in [2.45, 2.75) is 45.1 Å². The SMILES string of the molecule is CCNC(=NCC1(CCOC)CCCC1)NCC(O)c1ccc(F)cc1. The first-order valence-electron chi connectivity index (χ1n) is 9.53. The maximum Gasteiger partial charge on any atom is 0.191 e. The zero-order valence-corrected chi connectivity index (χ0v) is 15.9. The first kappa shape index (κ1) is 20.6. The maximum absolute atomic E-state index is 13.0. The Kier molecular flexibility index (Phi) is 8.32. The summed E-state index contributed by atoms with van der Waals surface area (Å²) in [5, 5.41) is 16.7. The van der Waals surface area contributed by atoms with Crippen molar-refractivity contribution < 1.29 is 14.2 Å². The lowest BCUT2D eigenvalue weighted by Gasteiger charge is -2.27. The third kappa shape index (κ3) is 6.25. The van der Waals surface area contributed by atoms with Gasteiger partial charge < -0.3 is 20.5 Å². The molecular formula is C20H32FN3O2. The lowest BCUT2D eigenvalue weighted by atomic mass is 9.83. The molecule has 5 nitrogen and oxygen atoms in total. The van der Waals surface area contributed by atoms with Crippen LogP contribution in [0.3, 0.4) is 0 Å². The van der Waals surface area contributed by atoms with Gasteiger partial charge in [0.05, 0.1) is 6.10 Å². The molecule has 1 aliphatic rings. The summed E-state index contributed by atoms with van der Waals surface area (Å²) >= 11 is 0. The molecule has 0 amide bonds. The highest BCUT2D eigenvalue weighted by atomic mass is 19.1. The van der Waals surface area contributed by atoms with Crippen molar-refractivity contribution in [3.63, 3.8) is 0 Å². The quantitative estimate of drug-likeness (QED) is 0.465. The number of methoxy groups -OCH3 is 1. The Morgan fingerprint density at radius 2 is 1.96 bits per heavy atom. The molecule has 0 spiro atoms. The molecule has 1 atom stereocenters. The number of aliphatic hydroxyl groups is 1. The first-order valence-corrected chi connectivity index (χ1v) is 9.53. The van der Waals surface area contributed by atoms with Gasteiger partial charge in [0.2, 0.25) is 0 Å². The Morgan fingerprint density at radius 1 is 1.27 bits per heavy atom. The number of aliphatic hydroxyl groups excluding tert-OH is 1. The maximum atomic E-state index is 13.0. The summed E-state index contributed by atoms with van der Waals surface area (Å²) < 4.78 is 18.3. The van der Waals surface area contributed by atoms with E-state index in [2.05, 4.69) is 10.6 Å². The van der Waals surface area contributed by atoms with Crippen LogP contribution in [-0.4, -0.2) is 44.4 Å². The molecular weight excluding hydrogens is 333 g/mol. The second-order valence-electron chi connectivity index (χ2n) is 7.09. The fourth-order valence-electron chi connectivity index (χ4n) is 3.52. The number of hydrogen-bond acceptors (Lipinski definition) is 3. The van der Waals surface area contributed by atoms with Gasteiger partial charge in [-0.25, -0.2) is 4.39 Å². The Morgan fingerprint density at radius 3 is 2.58 bits per heavy atom. The molecule has 0 aliphatic heterocycles. The lowest BCUT2D eigenvalue weighted by molar-refractivity contribution is 0.141. The second-order valence-corrected chi connectivity index (χ2v) is 7.09. The van der Waals surface area contributed by atoms with Gasteiger partial charge in [0, 0.05) is 33.4 Å². The summed E-state index contributed by atoms with van der Waals surface area (Å²) in [5.41, 5.74) is 0.913. The van der Waals surface area contributed by atoms with Crippen LogP contribution in [0.25, 0.3) is 0 Å². The minimum atomic E-state index is -0.714. The van der Waals surface area contributed by atoms with E-state index < -0.39 is 6.10 Å². The average molecular weight is 365 g/mol. The van der Waals surface area contributed by atoms with Crippen LogP contribution in [0.1, 0.15) is 50.7 Å². The number of aliphatic imine (C=N–C) groups is 1. The smallest absolute Gasteiger partial charge is 0.191 e. The van der Waals surface area contributed by atoms with Crippen LogP contribution >= 0.6 is 0 Å². The molecule has 3 N–H and O–H groups in total. The van der Waals surface area contributed by atoms with E-state index >= 15 is 0 Å². The highest BCUT2D eigenvalue weighted by Gasteiger charge is 2.33. The molecule has 146 valence electrons. The highest BCUT2D eigenvalue weighted by molar-refractivity contribution is 5.79. The summed E-state index contributed by atoms with van der Waals surface area (Å²) in [7, 11) is 1.74. The van der Waals surface area contributed by atoms with Crippen molar-refractivity contribution in [1.82, 2.24) is 10.6 Å². The fourth-order valence-corrected chi connectivity index (χ4v) is 3.52. The molecule has 2 rings (SSSR count). The summed E-state index contributed by atoms with van der Waals surface area (Å²) in [4.78, 5) is 4.77. The van der Waals surface area contributed by atoms with E-state index in [0.29, 0.717) is 18.1 Å². The predicted molar refractivity (Wildman–Crippen MR) is 103 cm³/mol. The summed E-state index contributed by atoms with van der Waals surface area (Å²) in [5.74, 6) is 0.402. The first-order chi connectivity index (χ1) is 12.6. The van der Waals surface area contributed by atoms with Crippen molar-refractivity contribution >= 4 is 5.96 Å². The van der Waals surface area contributed by atoms with E-state index in [9.17, 15) is 9.50 Å². The van der Waals surface area contributed by atoms with Gasteiger partial charge >= 0.3 is 0 Å². The van der Waals surface area contributed by atoms with E-state index in [-0.39, 0.29) is 11.2 Å². The number of nitrogens with zero attached hydrogens (tertiary/aromatic N) is 1. The number of benzene rings is 1. The molecule has 0 radical (unpaired) electrons. The molecule has 1 unspecified atom stereocenters. The molecule has 0 bridgehead atoms. The third-order valence-corrected chi connectivity index (χ3v) is 5.14. The van der Waals surface area contributed by atoms with Crippen molar-refractivity contribution in [2.24, 2.45) is 10.4 Å². The van der Waals surface area contributed by atoms with Gasteiger partial charge in [-0.1, -0.05) is 25.0 Å². The van der Waals surface area contributed by atoms with Crippen LogP contribution in [0.4, 0.5) is 4.39 Å². The average Bonchev–Trinajstić information content (AvgIpc) is 3.12. The largest absolute Gasteiger partial charge is 0.387 e. The number of hydrogen-bond donors (Lipinski definition) is 3. The van der Waals surface area contributed by atoms with Crippen LogP contribution < -0.4 is 10.6 Å². The van der Waals surface area contributed by atoms with E-state index in [0.717, 1.165) is 26.1 Å². The number of guanidine groups is 1. The molecule has 1 aliphatic carbocycles. The van der Waals surface area contributed by atoms with Gasteiger partial charge in [-0.2, -0.15) is 0 Å². The monoisotopic (exact) mass is 365 g/mol. The molecule has 1 aromatic carbocycles. The molecule has 0 aromatic heterocycles. The zero-order chi connectivity index (χ0) is 18.8. The van der Waals surface area contributed by atoms with E-state index in [1.165, 1.54) is 37.8 Å². The summed E-state index contributed by atoms with van der Waals surface area (Å²) in [6.07, 6.45) is 5.21. The zero-order valence-electron chi connectivity index (χ0n) is 15.9. The molecule has 1 aromatic rings. The van der Waals surface area contributed by atoms with Crippen LogP contribution in [0.5, 0.6) is 0 Å². The van der Waals surface area contributed by atoms with Crippen molar-refractivity contribution in [1.29, 1.82) is 0 Å². The Labute approximate surface area is 156 Å². The van der Waals surface area contributed by atoms with E-state index in [1.807, 2.05) is 6.92 Å². The van der Waals surface area contributed by atoms with Crippen LogP contribution in [0, 0.1) is 11.2 Å². The Hall–Kier alpha value is -1.66. The number of nitrogens with one attached hydrogen (secondary N) is 2. The number of halogens is 1. The summed E-state index contributed by atoms with van der Waals surface area (Å²) in [6, 6.07) is 5.92. The second kappa shape index (κ2) is 10.5. The normalized spacial score (nSPS) is 17.9. The molecule has 26 heavy (non-hydrogen) atoms. The van der Waals surface area contributed by atoms with Crippen molar-refractivity contribution in [2.75, 3.05) is 33.4 Å². The van der Waals surface area contributed by atoms with Crippen molar-refractivity contribution in [3.05, 3.63) is 35.6 Å². The molecule has 1 fully saturated rings. The van der Waals surface area contributed by atoms with Crippen LogP contribution in [-0.2, 0) is 4.74 Å². The lowest BCUT2D eigenvalue weighted by Crippen LogP contribution is -2.40. The standard InChI is InChI=1S/C20H32FN3O2/c1-3-22-19(23-14-18(25)16-6-8-17(21)9-7-16)24-15-20(12-13-26-2)10-4-5-11-20/h6-9,18,25H,3-5,10-15H2,1-2H3,(H2,22,23,24). The third-order valence-electron chi connectivity index (χ3n) is 5.14. The van der Waals surface area contributed by atoms with Gasteiger partial charge in [0.25, 0.3) is 0 Å².